The maximum atomic E-state index is 15.1. The summed E-state index contributed by atoms with van der Waals surface area (Å²) in [5.74, 6) is -5.39. The average Bonchev–Trinajstić information content (AvgIpc) is 3.04. The lowest BCUT2D eigenvalue weighted by molar-refractivity contribution is -0.278. The van der Waals surface area contributed by atoms with Crippen molar-refractivity contribution in [3.8, 4) is 0 Å². The molecule has 0 bridgehead atoms. The number of benzene rings is 2. The molecule has 0 radical (unpaired) electrons. The van der Waals surface area contributed by atoms with Gasteiger partial charge >= 0.3 is 6.11 Å². The standard InChI is InChI=1S/C36H43F7O3/c1-2-3-4-5-23-20-44-35(45-21-23)26-9-7-24(8-10-26)25-11-13-28(14-12-25)46-36(42,43)27-18-30(37)29(31(38)19-27)15-6-22-16-32(39)34(41)33(40)17-22/h6,15-19,23-26,28,35H,2-5,7-14,20-21H2,1H3/b15-6+. The molecule has 1 heterocycles. The Labute approximate surface area is 266 Å². The van der Waals surface area contributed by atoms with Crippen LogP contribution in [0, 0.1) is 52.8 Å². The lowest BCUT2D eigenvalue weighted by Crippen LogP contribution is -2.39. The van der Waals surface area contributed by atoms with Crippen molar-refractivity contribution in [3.63, 3.8) is 0 Å². The fourth-order valence-corrected chi connectivity index (χ4v) is 7.29. The Morgan fingerprint density at radius 2 is 1.26 bits per heavy atom. The zero-order valence-electron chi connectivity index (χ0n) is 26.2. The predicted molar refractivity (Wildman–Crippen MR) is 161 cm³/mol. The summed E-state index contributed by atoms with van der Waals surface area (Å²) in [5, 5.41) is 0. The first-order valence-corrected chi connectivity index (χ1v) is 16.6. The average molecular weight is 657 g/mol. The summed E-state index contributed by atoms with van der Waals surface area (Å²) in [5.41, 5.74) is -1.85. The van der Waals surface area contributed by atoms with E-state index in [0.29, 0.717) is 60.8 Å². The third kappa shape index (κ3) is 8.72. The van der Waals surface area contributed by atoms with Crippen LogP contribution in [-0.4, -0.2) is 25.6 Å². The van der Waals surface area contributed by atoms with Gasteiger partial charge in [0.25, 0.3) is 0 Å². The molecule has 46 heavy (non-hydrogen) atoms. The van der Waals surface area contributed by atoms with Crippen molar-refractivity contribution in [2.75, 3.05) is 13.2 Å². The van der Waals surface area contributed by atoms with Gasteiger partial charge < -0.3 is 14.2 Å². The zero-order valence-corrected chi connectivity index (χ0v) is 26.2. The first-order valence-electron chi connectivity index (χ1n) is 16.6. The molecule has 10 heteroatoms. The second-order valence-corrected chi connectivity index (χ2v) is 13.2. The minimum Gasteiger partial charge on any atom is -0.352 e. The van der Waals surface area contributed by atoms with Gasteiger partial charge in [0.15, 0.2) is 23.7 Å². The van der Waals surface area contributed by atoms with Crippen molar-refractivity contribution in [3.05, 3.63) is 70.0 Å². The Hall–Kier alpha value is -2.43. The SMILES string of the molecule is CCCCCC1COC(C2CCC(C3CCC(OC(F)(F)c4cc(F)c(/C=C/c5cc(F)c(F)c(F)c5)c(F)c4)CC3)CC2)OC1. The van der Waals surface area contributed by atoms with Gasteiger partial charge in [-0.1, -0.05) is 32.3 Å². The van der Waals surface area contributed by atoms with Gasteiger partial charge in [-0.2, -0.15) is 8.78 Å². The maximum Gasteiger partial charge on any atom is 0.383 e. The van der Waals surface area contributed by atoms with Crippen molar-refractivity contribution in [2.24, 2.45) is 23.7 Å². The van der Waals surface area contributed by atoms with Crippen molar-refractivity contribution >= 4 is 12.2 Å². The molecule has 5 rings (SSSR count). The highest BCUT2D eigenvalue weighted by Crippen LogP contribution is 2.44. The first-order chi connectivity index (χ1) is 22.0. The molecule has 3 fully saturated rings. The van der Waals surface area contributed by atoms with Crippen LogP contribution in [0.5, 0.6) is 0 Å². The molecule has 2 aliphatic carbocycles. The van der Waals surface area contributed by atoms with Crippen molar-refractivity contribution in [1.82, 2.24) is 0 Å². The summed E-state index contributed by atoms with van der Waals surface area (Å²) in [4.78, 5) is 0. The topological polar surface area (TPSA) is 27.7 Å². The Morgan fingerprint density at radius 1 is 0.717 bits per heavy atom. The van der Waals surface area contributed by atoms with Gasteiger partial charge in [0.05, 0.1) is 24.9 Å². The van der Waals surface area contributed by atoms with E-state index in [1.54, 1.807) is 0 Å². The fourth-order valence-electron chi connectivity index (χ4n) is 7.29. The Balaban J connectivity index is 1.08. The molecule has 1 saturated heterocycles. The van der Waals surface area contributed by atoms with E-state index in [0.717, 1.165) is 70.3 Å². The van der Waals surface area contributed by atoms with Crippen LogP contribution in [-0.2, 0) is 20.3 Å². The van der Waals surface area contributed by atoms with E-state index in [1.807, 2.05) is 0 Å². The Kier molecular flexibility index (Phi) is 11.9. The van der Waals surface area contributed by atoms with Crippen LogP contribution in [0.15, 0.2) is 24.3 Å². The lowest BCUT2D eigenvalue weighted by Gasteiger charge is -2.41. The molecule has 3 nitrogen and oxygen atoms in total. The third-order valence-corrected chi connectivity index (χ3v) is 9.97. The normalized spacial score (nSPS) is 27.7. The minimum atomic E-state index is -3.92. The molecular weight excluding hydrogens is 613 g/mol. The van der Waals surface area contributed by atoms with E-state index in [2.05, 4.69) is 6.92 Å². The smallest absolute Gasteiger partial charge is 0.352 e. The van der Waals surface area contributed by atoms with Crippen LogP contribution in [0.4, 0.5) is 30.7 Å². The molecule has 0 spiro atoms. The van der Waals surface area contributed by atoms with Gasteiger partial charge in [-0.3, -0.25) is 0 Å². The molecule has 0 aromatic heterocycles. The molecule has 2 aromatic rings. The minimum absolute atomic E-state index is 0.126. The van der Waals surface area contributed by atoms with Gasteiger partial charge in [-0.25, -0.2) is 22.0 Å². The number of rotatable bonds is 11. The largest absolute Gasteiger partial charge is 0.383 e. The van der Waals surface area contributed by atoms with Gasteiger partial charge in [0.2, 0.25) is 0 Å². The van der Waals surface area contributed by atoms with Crippen LogP contribution in [0.3, 0.4) is 0 Å². The van der Waals surface area contributed by atoms with E-state index in [-0.39, 0.29) is 11.9 Å². The van der Waals surface area contributed by atoms with E-state index < -0.39 is 52.4 Å². The molecule has 2 saturated carbocycles. The van der Waals surface area contributed by atoms with E-state index in [9.17, 15) is 22.0 Å². The number of unbranched alkanes of at least 4 members (excludes halogenated alkanes) is 2. The molecule has 254 valence electrons. The highest BCUT2D eigenvalue weighted by molar-refractivity contribution is 5.70. The van der Waals surface area contributed by atoms with Crippen LogP contribution < -0.4 is 0 Å². The van der Waals surface area contributed by atoms with Gasteiger partial charge in [-0.15, -0.1) is 0 Å². The number of halogens is 7. The number of ether oxygens (including phenoxy) is 3. The van der Waals surface area contributed by atoms with Gasteiger partial charge in [-0.05, 0) is 106 Å². The summed E-state index contributed by atoms with van der Waals surface area (Å²) < 4.78 is 117. The third-order valence-electron chi connectivity index (χ3n) is 9.97. The van der Waals surface area contributed by atoms with Crippen LogP contribution >= 0.6 is 0 Å². The fraction of sp³-hybridized carbons (Fsp3) is 0.611. The van der Waals surface area contributed by atoms with Crippen LogP contribution in [0.1, 0.15) is 101 Å². The van der Waals surface area contributed by atoms with Crippen molar-refractivity contribution in [2.45, 2.75) is 102 Å². The molecule has 3 aliphatic rings. The number of alkyl halides is 2. The van der Waals surface area contributed by atoms with E-state index in [1.165, 1.54) is 19.3 Å². The highest BCUT2D eigenvalue weighted by Gasteiger charge is 2.40. The molecule has 0 unspecified atom stereocenters. The Morgan fingerprint density at radius 3 is 1.83 bits per heavy atom. The molecule has 0 amide bonds. The summed E-state index contributed by atoms with van der Waals surface area (Å²) in [6.07, 6.45) is 8.38. The Bertz CT molecular complexity index is 1280. The van der Waals surface area contributed by atoms with Crippen LogP contribution in [0.2, 0.25) is 0 Å². The first kappa shape index (κ1) is 34.9. The second-order valence-electron chi connectivity index (χ2n) is 13.2. The van der Waals surface area contributed by atoms with Gasteiger partial charge in [0, 0.05) is 17.4 Å². The summed E-state index contributed by atoms with van der Waals surface area (Å²) in [6.45, 7) is 3.74. The maximum absolute atomic E-state index is 15.1. The molecule has 0 N–H and O–H groups in total. The summed E-state index contributed by atoms with van der Waals surface area (Å²) in [7, 11) is 0. The molecule has 0 atom stereocenters. The predicted octanol–water partition coefficient (Wildman–Crippen LogP) is 10.6. The quantitative estimate of drug-likeness (QED) is 0.104. The molecule has 1 aliphatic heterocycles. The van der Waals surface area contributed by atoms with Crippen LogP contribution in [0.25, 0.3) is 12.2 Å². The van der Waals surface area contributed by atoms with Crippen molar-refractivity contribution in [1.29, 1.82) is 0 Å². The van der Waals surface area contributed by atoms with Gasteiger partial charge in [0.1, 0.15) is 11.6 Å². The van der Waals surface area contributed by atoms with E-state index in [4.69, 9.17) is 14.2 Å². The van der Waals surface area contributed by atoms with Crippen molar-refractivity contribution < 1.29 is 44.9 Å². The molecule has 2 aromatic carbocycles. The summed E-state index contributed by atoms with van der Waals surface area (Å²) in [6, 6.07) is 2.27. The number of hydrogen-bond donors (Lipinski definition) is 0. The highest BCUT2D eigenvalue weighted by atomic mass is 19.3. The van der Waals surface area contributed by atoms with E-state index >= 15 is 8.78 Å². The zero-order chi connectivity index (χ0) is 32.8. The molecular formula is C36H43F7O3. The monoisotopic (exact) mass is 656 g/mol. The summed E-state index contributed by atoms with van der Waals surface area (Å²) >= 11 is 0. The lowest BCUT2D eigenvalue weighted by atomic mass is 9.70. The second kappa shape index (κ2) is 15.6. The number of hydrogen-bond acceptors (Lipinski definition) is 3.